The van der Waals surface area contributed by atoms with Gasteiger partial charge in [-0.15, -0.1) is 0 Å². The van der Waals surface area contributed by atoms with Crippen LogP contribution < -0.4 is 10.9 Å². The molecule has 29 heavy (non-hydrogen) atoms. The number of carbonyl (C=O) groups is 1. The van der Waals surface area contributed by atoms with Crippen LogP contribution in [0.5, 0.6) is 0 Å². The third-order valence-electron chi connectivity index (χ3n) is 6.78. The summed E-state index contributed by atoms with van der Waals surface area (Å²) in [6.45, 7) is 6.55. The van der Waals surface area contributed by atoms with Crippen LogP contribution in [0.2, 0.25) is 0 Å². The highest BCUT2D eigenvalue weighted by Crippen LogP contribution is 2.53. The van der Waals surface area contributed by atoms with Crippen LogP contribution >= 0.6 is 0 Å². The molecule has 0 aliphatic heterocycles. The Labute approximate surface area is 171 Å². The zero-order chi connectivity index (χ0) is 20.6. The van der Waals surface area contributed by atoms with Gasteiger partial charge in [0.05, 0.1) is 17.5 Å². The van der Waals surface area contributed by atoms with Gasteiger partial charge in [-0.25, -0.2) is 4.68 Å². The van der Waals surface area contributed by atoms with Crippen LogP contribution in [0.4, 0.5) is 0 Å². The molecule has 1 amide bonds. The van der Waals surface area contributed by atoms with E-state index in [2.05, 4.69) is 10.4 Å². The molecule has 4 rings (SSSR count). The van der Waals surface area contributed by atoms with Crippen LogP contribution in [0, 0.1) is 5.41 Å². The lowest BCUT2D eigenvalue weighted by molar-refractivity contribution is -0.146. The topological polar surface area (TPSA) is 73.2 Å². The van der Waals surface area contributed by atoms with Crippen molar-refractivity contribution in [2.75, 3.05) is 6.61 Å². The molecule has 1 aromatic heterocycles. The third-order valence-corrected chi connectivity index (χ3v) is 6.78. The molecule has 0 radical (unpaired) electrons. The van der Waals surface area contributed by atoms with Gasteiger partial charge < -0.3 is 10.1 Å². The molecule has 2 aromatic rings. The van der Waals surface area contributed by atoms with Crippen molar-refractivity contribution in [1.29, 1.82) is 0 Å². The number of nitrogens with one attached hydrogen (secondary N) is 1. The molecule has 0 unspecified atom stereocenters. The van der Waals surface area contributed by atoms with E-state index in [0.29, 0.717) is 23.1 Å². The molecule has 2 saturated carbocycles. The monoisotopic (exact) mass is 397 g/mol. The first-order valence-electron chi connectivity index (χ1n) is 10.9. The number of carbonyl (C=O) groups excluding carboxylic acids is 1. The minimum Gasteiger partial charge on any atom is -0.378 e. The molecule has 1 N–H and O–H groups in total. The Morgan fingerprint density at radius 2 is 1.93 bits per heavy atom. The summed E-state index contributed by atoms with van der Waals surface area (Å²) in [6.07, 6.45) is 6.91. The Hall–Kier alpha value is -2.21. The third kappa shape index (κ3) is 3.37. The van der Waals surface area contributed by atoms with E-state index in [4.69, 9.17) is 4.74 Å². The number of amides is 1. The van der Waals surface area contributed by atoms with Gasteiger partial charge in [0.2, 0.25) is 0 Å². The molecular weight excluding hydrogens is 366 g/mol. The molecule has 2 fully saturated rings. The second-order valence-electron chi connectivity index (χ2n) is 8.74. The van der Waals surface area contributed by atoms with Gasteiger partial charge in [0.25, 0.3) is 11.5 Å². The smallest absolute Gasteiger partial charge is 0.274 e. The Morgan fingerprint density at radius 3 is 2.59 bits per heavy atom. The van der Waals surface area contributed by atoms with Crippen LogP contribution in [0.1, 0.15) is 75.8 Å². The number of nitrogens with zero attached hydrogens (tertiary/aromatic N) is 2. The number of hydrogen-bond donors (Lipinski definition) is 1. The average Bonchev–Trinajstić information content (AvgIpc) is 2.73. The van der Waals surface area contributed by atoms with E-state index in [0.717, 1.165) is 19.3 Å². The normalized spacial score (nSPS) is 23.3. The van der Waals surface area contributed by atoms with E-state index >= 15 is 0 Å². The van der Waals surface area contributed by atoms with E-state index in [-0.39, 0.29) is 35.1 Å². The molecule has 156 valence electrons. The second kappa shape index (κ2) is 7.90. The summed E-state index contributed by atoms with van der Waals surface area (Å²) in [5.74, 6) is -0.194. The number of aromatic nitrogens is 2. The van der Waals surface area contributed by atoms with Crippen molar-refractivity contribution in [3.63, 3.8) is 0 Å². The lowest BCUT2D eigenvalue weighted by Crippen LogP contribution is -2.65. The van der Waals surface area contributed by atoms with E-state index < -0.39 is 0 Å². The summed E-state index contributed by atoms with van der Waals surface area (Å²) in [4.78, 5) is 26.1. The van der Waals surface area contributed by atoms with Crippen LogP contribution in [0.25, 0.3) is 10.8 Å². The molecule has 2 aliphatic rings. The highest BCUT2D eigenvalue weighted by molar-refractivity contribution is 6.05. The van der Waals surface area contributed by atoms with E-state index in [1.807, 2.05) is 39.0 Å². The summed E-state index contributed by atoms with van der Waals surface area (Å²) in [7, 11) is 0. The zero-order valence-electron chi connectivity index (χ0n) is 17.6. The van der Waals surface area contributed by atoms with Gasteiger partial charge in [0.1, 0.15) is 0 Å². The van der Waals surface area contributed by atoms with Crippen molar-refractivity contribution in [3.05, 3.63) is 40.3 Å². The Morgan fingerprint density at radius 1 is 1.24 bits per heavy atom. The Bertz CT molecular complexity index is 959. The maximum absolute atomic E-state index is 13.3. The van der Waals surface area contributed by atoms with Gasteiger partial charge in [-0.05, 0) is 46.1 Å². The number of benzene rings is 1. The van der Waals surface area contributed by atoms with E-state index in [9.17, 15) is 9.59 Å². The van der Waals surface area contributed by atoms with Crippen LogP contribution in [0.15, 0.2) is 29.1 Å². The summed E-state index contributed by atoms with van der Waals surface area (Å²) in [5, 5.41) is 8.88. The number of hydrogen-bond acceptors (Lipinski definition) is 4. The summed E-state index contributed by atoms with van der Waals surface area (Å²) in [5.41, 5.74) is 0.224. The van der Waals surface area contributed by atoms with Crippen molar-refractivity contribution < 1.29 is 9.53 Å². The molecule has 2 atom stereocenters. The predicted molar refractivity (Wildman–Crippen MR) is 113 cm³/mol. The molecule has 0 bridgehead atoms. The van der Waals surface area contributed by atoms with Gasteiger partial charge in [-0.3, -0.25) is 9.59 Å². The highest BCUT2D eigenvalue weighted by atomic mass is 16.5. The van der Waals surface area contributed by atoms with Gasteiger partial charge in [-0.2, -0.15) is 5.10 Å². The molecule has 2 aliphatic carbocycles. The van der Waals surface area contributed by atoms with Crippen LogP contribution in [-0.2, 0) is 4.74 Å². The SMILES string of the molecule is CCO[C@H]1C[C@@H](NC(=O)c2nn(C(C)C)c(=O)c3ccccc23)C12CCCCC2. The average molecular weight is 398 g/mol. The molecule has 6 heteroatoms. The van der Waals surface area contributed by atoms with E-state index in [1.54, 1.807) is 6.07 Å². The predicted octanol–water partition coefficient (Wildman–Crippen LogP) is 3.84. The lowest BCUT2D eigenvalue weighted by Gasteiger charge is -2.57. The van der Waals surface area contributed by atoms with Gasteiger partial charge in [0, 0.05) is 23.4 Å². The van der Waals surface area contributed by atoms with Crippen molar-refractivity contribution >= 4 is 16.7 Å². The molecule has 1 spiro atoms. The van der Waals surface area contributed by atoms with Crippen molar-refractivity contribution in [2.45, 2.75) is 77.5 Å². The van der Waals surface area contributed by atoms with Gasteiger partial charge in [0.15, 0.2) is 5.69 Å². The zero-order valence-corrected chi connectivity index (χ0v) is 17.6. The number of ether oxygens (including phenoxy) is 1. The summed E-state index contributed by atoms with van der Waals surface area (Å²) < 4.78 is 7.43. The second-order valence-corrected chi connectivity index (χ2v) is 8.74. The fourth-order valence-electron chi connectivity index (χ4n) is 5.22. The molecule has 0 saturated heterocycles. The first-order valence-corrected chi connectivity index (χ1v) is 10.9. The number of rotatable bonds is 5. The van der Waals surface area contributed by atoms with Crippen LogP contribution in [-0.4, -0.2) is 34.4 Å². The lowest BCUT2D eigenvalue weighted by atomic mass is 9.55. The van der Waals surface area contributed by atoms with Crippen molar-refractivity contribution in [1.82, 2.24) is 15.1 Å². The highest BCUT2D eigenvalue weighted by Gasteiger charge is 2.56. The standard InChI is InChI=1S/C23H31N3O3/c1-4-29-19-14-18(23(19)12-8-5-9-13-23)24-21(27)20-16-10-6-7-11-17(16)22(28)26(25-20)15(2)3/h6-7,10-11,15,18-19H,4-5,8-9,12-14H2,1-3H3,(H,24,27)/t18-,19+/m1/s1. The molecule has 1 aromatic carbocycles. The van der Waals surface area contributed by atoms with Crippen molar-refractivity contribution in [3.8, 4) is 0 Å². The van der Waals surface area contributed by atoms with Crippen LogP contribution in [0.3, 0.4) is 0 Å². The Balaban J connectivity index is 1.66. The first-order chi connectivity index (χ1) is 14.0. The molecular formula is C23H31N3O3. The summed E-state index contributed by atoms with van der Waals surface area (Å²) in [6, 6.07) is 7.24. The first kappa shape index (κ1) is 20.1. The maximum Gasteiger partial charge on any atom is 0.274 e. The molecule has 6 nitrogen and oxygen atoms in total. The maximum atomic E-state index is 13.3. The fraction of sp³-hybridized carbons (Fsp3) is 0.609. The molecule has 1 heterocycles. The largest absolute Gasteiger partial charge is 0.378 e. The van der Waals surface area contributed by atoms with Gasteiger partial charge in [-0.1, -0.05) is 37.5 Å². The minimum atomic E-state index is -0.194. The Kier molecular flexibility index (Phi) is 5.47. The minimum absolute atomic E-state index is 0.0478. The van der Waals surface area contributed by atoms with Gasteiger partial charge >= 0.3 is 0 Å². The quantitative estimate of drug-likeness (QED) is 0.832. The van der Waals surface area contributed by atoms with Crippen molar-refractivity contribution in [2.24, 2.45) is 5.41 Å². The number of fused-ring (bicyclic) bond motifs is 1. The van der Waals surface area contributed by atoms with E-state index in [1.165, 1.54) is 23.9 Å². The summed E-state index contributed by atoms with van der Waals surface area (Å²) >= 11 is 0. The fourth-order valence-corrected chi connectivity index (χ4v) is 5.22.